The van der Waals surface area contributed by atoms with Gasteiger partial charge in [0.1, 0.15) is 0 Å². The van der Waals surface area contributed by atoms with E-state index in [0.29, 0.717) is 31.5 Å². The number of urea groups is 2. The first kappa shape index (κ1) is 25.3. The van der Waals surface area contributed by atoms with E-state index in [1.807, 2.05) is 72.8 Å². The molecule has 188 valence electrons. The van der Waals surface area contributed by atoms with Gasteiger partial charge >= 0.3 is 12.1 Å². The summed E-state index contributed by atoms with van der Waals surface area (Å²) in [6, 6.07) is 27.4. The minimum atomic E-state index is -0.119. The Morgan fingerprint density at radius 2 is 1.19 bits per heavy atom. The van der Waals surface area contributed by atoms with Crippen molar-refractivity contribution in [2.45, 2.75) is 39.2 Å². The van der Waals surface area contributed by atoms with Gasteiger partial charge in [-0.05, 0) is 74.3 Å². The van der Waals surface area contributed by atoms with Gasteiger partial charge in [-0.15, -0.1) is 0 Å². The molecule has 0 aliphatic heterocycles. The number of hydrogen-bond donors (Lipinski definition) is 3. The van der Waals surface area contributed by atoms with Crippen molar-refractivity contribution < 1.29 is 9.59 Å². The van der Waals surface area contributed by atoms with Crippen LogP contribution in [-0.4, -0.2) is 25.2 Å². The third-order valence-electron chi connectivity index (χ3n) is 6.87. The highest BCUT2D eigenvalue weighted by atomic mass is 16.2. The fraction of sp³-hybridized carbons (Fsp3) is 0.333. The van der Waals surface area contributed by atoms with Gasteiger partial charge in [-0.2, -0.15) is 0 Å². The Bertz CT molecular complexity index is 1060. The second-order valence-electron chi connectivity index (χ2n) is 9.63. The number of aryl methyl sites for hydroxylation is 1. The van der Waals surface area contributed by atoms with Crippen LogP contribution in [0.15, 0.2) is 84.9 Å². The van der Waals surface area contributed by atoms with Crippen LogP contribution in [0.5, 0.6) is 0 Å². The van der Waals surface area contributed by atoms with Crippen molar-refractivity contribution in [1.82, 2.24) is 16.0 Å². The lowest BCUT2D eigenvalue weighted by Gasteiger charge is -2.30. The summed E-state index contributed by atoms with van der Waals surface area (Å²) in [7, 11) is 0. The van der Waals surface area contributed by atoms with Gasteiger partial charge in [-0.3, -0.25) is 4.90 Å². The molecule has 1 aliphatic carbocycles. The van der Waals surface area contributed by atoms with Crippen molar-refractivity contribution >= 4 is 23.4 Å². The quantitative estimate of drug-likeness (QED) is 0.359. The first-order valence-corrected chi connectivity index (χ1v) is 12.8. The third kappa shape index (κ3) is 7.35. The number of amides is 4. The van der Waals surface area contributed by atoms with Crippen LogP contribution in [0.2, 0.25) is 0 Å². The Labute approximate surface area is 214 Å². The second-order valence-corrected chi connectivity index (χ2v) is 9.63. The van der Waals surface area contributed by atoms with Gasteiger partial charge in [0.25, 0.3) is 0 Å². The molecule has 0 unspecified atom stereocenters. The minimum absolute atomic E-state index is 0.110. The van der Waals surface area contributed by atoms with Crippen LogP contribution >= 0.6 is 0 Å². The molecule has 4 rings (SSSR count). The van der Waals surface area contributed by atoms with E-state index in [2.05, 4.69) is 35.0 Å². The molecule has 3 aromatic carbocycles. The number of nitrogens with zero attached hydrogens (tertiary/aromatic N) is 1. The van der Waals surface area contributed by atoms with Gasteiger partial charge in [0.2, 0.25) is 0 Å². The van der Waals surface area contributed by atoms with Crippen molar-refractivity contribution in [3.8, 4) is 0 Å². The van der Waals surface area contributed by atoms with E-state index in [0.717, 1.165) is 42.6 Å². The Morgan fingerprint density at radius 1 is 0.694 bits per heavy atom. The van der Waals surface area contributed by atoms with Gasteiger partial charge in [-0.1, -0.05) is 66.2 Å². The van der Waals surface area contributed by atoms with Gasteiger partial charge in [0, 0.05) is 19.6 Å². The van der Waals surface area contributed by atoms with E-state index >= 15 is 0 Å². The largest absolute Gasteiger partial charge is 0.338 e. The van der Waals surface area contributed by atoms with Crippen LogP contribution in [0.1, 0.15) is 36.8 Å². The number of carbonyl (C=O) groups excluding carboxylic acids is 2. The van der Waals surface area contributed by atoms with E-state index in [4.69, 9.17) is 0 Å². The Balaban J connectivity index is 1.18. The fourth-order valence-electron chi connectivity index (χ4n) is 4.68. The SMILES string of the molecule is Cc1ccc(CNC(=O)NCC2CCC(CNC(=O)N(c3ccccc3)c3ccccc3)CC2)cc1. The smallest absolute Gasteiger partial charge is 0.326 e. The molecule has 6 nitrogen and oxygen atoms in total. The maximum Gasteiger partial charge on any atom is 0.326 e. The molecule has 0 atom stereocenters. The summed E-state index contributed by atoms with van der Waals surface area (Å²) in [6.45, 7) is 3.93. The maximum absolute atomic E-state index is 13.2. The molecular weight excluding hydrogens is 448 g/mol. The standard InChI is InChI=1S/C30H36N4O2/c1-23-12-14-24(15-13-23)20-31-29(35)32-21-25-16-18-26(19-17-25)22-33-30(36)34(27-8-4-2-5-9-27)28-10-6-3-7-11-28/h2-15,25-26H,16-22H2,1H3,(H,33,36)(H2,31,32,35). The summed E-state index contributed by atoms with van der Waals surface area (Å²) in [5.74, 6) is 0.932. The van der Waals surface area contributed by atoms with Gasteiger partial charge in [0.05, 0.1) is 11.4 Å². The zero-order chi connectivity index (χ0) is 25.2. The zero-order valence-corrected chi connectivity index (χ0v) is 21.0. The summed E-state index contributed by atoms with van der Waals surface area (Å²) < 4.78 is 0. The van der Waals surface area contributed by atoms with E-state index in [1.165, 1.54) is 5.56 Å². The van der Waals surface area contributed by atoms with Crippen LogP contribution in [0.4, 0.5) is 21.0 Å². The average Bonchev–Trinajstić information content (AvgIpc) is 2.92. The zero-order valence-electron chi connectivity index (χ0n) is 21.0. The summed E-state index contributed by atoms with van der Waals surface area (Å²) in [5.41, 5.74) is 3.99. The number of carbonyl (C=O) groups is 2. The average molecular weight is 485 g/mol. The molecule has 6 heteroatoms. The number of anilines is 2. The van der Waals surface area contributed by atoms with Gasteiger partial charge < -0.3 is 16.0 Å². The molecule has 0 spiro atoms. The molecule has 1 fully saturated rings. The summed E-state index contributed by atoms with van der Waals surface area (Å²) in [5, 5.41) is 9.12. The molecule has 1 saturated carbocycles. The third-order valence-corrected chi connectivity index (χ3v) is 6.87. The van der Waals surface area contributed by atoms with Crippen LogP contribution in [0.3, 0.4) is 0 Å². The van der Waals surface area contributed by atoms with E-state index in [-0.39, 0.29) is 12.1 Å². The molecule has 0 aromatic heterocycles. The monoisotopic (exact) mass is 484 g/mol. The lowest BCUT2D eigenvalue weighted by atomic mass is 9.82. The maximum atomic E-state index is 13.2. The molecular formula is C30H36N4O2. The molecule has 0 radical (unpaired) electrons. The van der Waals surface area contributed by atoms with Crippen molar-refractivity contribution in [3.05, 3.63) is 96.1 Å². The molecule has 3 N–H and O–H groups in total. The number of hydrogen-bond acceptors (Lipinski definition) is 2. The molecule has 4 amide bonds. The highest BCUT2D eigenvalue weighted by Gasteiger charge is 2.24. The molecule has 0 saturated heterocycles. The highest BCUT2D eigenvalue weighted by Crippen LogP contribution is 2.29. The summed E-state index contributed by atoms with van der Waals surface area (Å²) in [6.07, 6.45) is 4.21. The molecule has 3 aromatic rings. The molecule has 0 bridgehead atoms. The number of para-hydroxylation sites is 2. The lowest BCUT2D eigenvalue weighted by molar-refractivity contribution is 0.226. The predicted octanol–water partition coefficient (Wildman–Crippen LogP) is 6.15. The predicted molar refractivity (Wildman–Crippen MR) is 145 cm³/mol. The van der Waals surface area contributed by atoms with Crippen molar-refractivity contribution in [1.29, 1.82) is 0 Å². The van der Waals surface area contributed by atoms with E-state index in [1.54, 1.807) is 4.90 Å². The van der Waals surface area contributed by atoms with Crippen molar-refractivity contribution in [3.63, 3.8) is 0 Å². The Kier molecular flexibility index (Phi) is 8.98. The van der Waals surface area contributed by atoms with Crippen molar-refractivity contribution in [2.24, 2.45) is 11.8 Å². The summed E-state index contributed by atoms with van der Waals surface area (Å²) >= 11 is 0. The Hall–Kier alpha value is -3.80. The molecule has 36 heavy (non-hydrogen) atoms. The number of rotatable bonds is 8. The first-order valence-electron chi connectivity index (χ1n) is 12.8. The van der Waals surface area contributed by atoms with E-state index < -0.39 is 0 Å². The van der Waals surface area contributed by atoms with Crippen LogP contribution < -0.4 is 20.9 Å². The summed E-state index contributed by atoms with van der Waals surface area (Å²) in [4.78, 5) is 27.1. The highest BCUT2D eigenvalue weighted by molar-refractivity contribution is 5.99. The molecule has 1 aliphatic rings. The second kappa shape index (κ2) is 12.8. The van der Waals surface area contributed by atoms with Crippen LogP contribution in [0.25, 0.3) is 0 Å². The fourth-order valence-corrected chi connectivity index (χ4v) is 4.68. The van der Waals surface area contributed by atoms with Crippen molar-refractivity contribution in [2.75, 3.05) is 18.0 Å². The van der Waals surface area contributed by atoms with Gasteiger partial charge in [-0.25, -0.2) is 9.59 Å². The lowest BCUT2D eigenvalue weighted by Crippen LogP contribution is -2.41. The Morgan fingerprint density at radius 3 is 1.72 bits per heavy atom. The minimum Gasteiger partial charge on any atom is -0.338 e. The first-order chi connectivity index (χ1) is 17.6. The van der Waals surface area contributed by atoms with Gasteiger partial charge in [0.15, 0.2) is 0 Å². The number of nitrogens with one attached hydrogen (secondary N) is 3. The molecule has 0 heterocycles. The van der Waals surface area contributed by atoms with Crippen LogP contribution in [0, 0.1) is 18.8 Å². The van der Waals surface area contributed by atoms with Crippen LogP contribution in [-0.2, 0) is 6.54 Å². The topological polar surface area (TPSA) is 73.5 Å². The number of benzene rings is 3. The normalized spacial score (nSPS) is 17.1. The van der Waals surface area contributed by atoms with E-state index in [9.17, 15) is 9.59 Å².